The lowest BCUT2D eigenvalue weighted by atomic mass is 10.2. The molecule has 0 amide bonds. The van der Waals surface area contributed by atoms with Crippen LogP contribution in [-0.4, -0.2) is 31.2 Å². The summed E-state index contributed by atoms with van der Waals surface area (Å²) in [5.74, 6) is 0.389. The van der Waals surface area contributed by atoms with Gasteiger partial charge in [0.15, 0.2) is 0 Å². The quantitative estimate of drug-likeness (QED) is 0.496. The van der Waals surface area contributed by atoms with Gasteiger partial charge in [0.1, 0.15) is 29.5 Å². The van der Waals surface area contributed by atoms with Gasteiger partial charge in [-0.15, -0.1) is 0 Å². The summed E-state index contributed by atoms with van der Waals surface area (Å²) in [6, 6.07) is 7.83. The van der Waals surface area contributed by atoms with Crippen LogP contribution in [0.5, 0.6) is 11.5 Å². The van der Waals surface area contributed by atoms with E-state index in [4.69, 9.17) is 4.74 Å². The Balaban J connectivity index is 1.55. The van der Waals surface area contributed by atoms with Crippen LogP contribution >= 0.6 is 0 Å². The molecule has 0 aliphatic carbocycles. The first kappa shape index (κ1) is 18.5. The van der Waals surface area contributed by atoms with Crippen molar-refractivity contribution in [3.8, 4) is 17.2 Å². The second-order valence-electron chi connectivity index (χ2n) is 6.14. The lowest BCUT2D eigenvalue weighted by Crippen LogP contribution is -2.17. The van der Waals surface area contributed by atoms with E-state index in [1.54, 1.807) is 48.5 Å². The van der Waals surface area contributed by atoms with Crippen LogP contribution in [0.1, 0.15) is 5.69 Å². The Morgan fingerprint density at radius 2 is 1.97 bits per heavy atom. The van der Waals surface area contributed by atoms with E-state index in [2.05, 4.69) is 19.9 Å². The van der Waals surface area contributed by atoms with E-state index in [1.165, 1.54) is 23.0 Å². The molecule has 0 unspecified atom stereocenters. The summed E-state index contributed by atoms with van der Waals surface area (Å²) in [6.45, 7) is -2.99. The van der Waals surface area contributed by atoms with E-state index in [9.17, 15) is 13.6 Å². The predicted octanol–water partition coefficient (Wildman–Crippen LogP) is 2.69. The molecule has 0 atom stereocenters. The van der Waals surface area contributed by atoms with Crippen LogP contribution in [0.15, 0.2) is 59.9 Å². The zero-order valence-electron chi connectivity index (χ0n) is 15.2. The normalized spacial score (nSPS) is 11.2. The number of halogens is 2. The van der Waals surface area contributed by atoms with Gasteiger partial charge < -0.3 is 9.47 Å². The number of rotatable bonds is 6. The molecule has 0 fully saturated rings. The summed E-state index contributed by atoms with van der Waals surface area (Å²) in [6.07, 6.45) is 6.16. The molecule has 4 rings (SSSR count). The van der Waals surface area contributed by atoms with E-state index in [0.29, 0.717) is 22.3 Å². The molecule has 8 nitrogen and oxygen atoms in total. The predicted molar refractivity (Wildman–Crippen MR) is 99.3 cm³/mol. The second kappa shape index (κ2) is 7.66. The minimum Gasteiger partial charge on any atom is -0.487 e. The van der Waals surface area contributed by atoms with Crippen LogP contribution in [0, 0.1) is 0 Å². The second-order valence-corrected chi connectivity index (χ2v) is 6.14. The topological polar surface area (TPSA) is 84.1 Å². The van der Waals surface area contributed by atoms with Gasteiger partial charge in [-0.2, -0.15) is 19.0 Å². The average Bonchev–Trinajstić information content (AvgIpc) is 3.13. The summed E-state index contributed by atoms with van der Waals surface area (Å²) in [4.78, 5) is 16.2. The van der Waals surface area contributed by atoms with Gasteiger partial charge in [-0.05, 0) is 24.3 Å². The number of hydrogen-bond donors (Lipinski definition) is 0. The third-order valence-electron chi connectivity index (χ3n) is 4.06. The van der Waals surface area contributed by atoms with Crippen molar-refractivity contribution < 1.29 is 18.3 Å². The van der Waals surface area contributed by atoms with Crippen LogP contribution in [0.25, 0.3) is 16.6 Å². The molecule has 0 radical (unpaired) electrons. The standard InChI is InChI=1S/C19H15F2N5O3/c1-25-10-13(8-23-25)26-5-4-18(27)17(24-26)11-28-14-2-3-16-12(6-14)7-15(9-22-16)29-19(20)21/h2-10,19H,11H2,1H3. The Morgan fingerprint density at radius 3 is 2.72 bits per heavy atom. The maximum atomic E-state index is 12.4. The molecule has 0 saturated carbocycles. The van der Waals surface area contributed by atoms with Crippen LogP contribution in [0.3, 0.4) is 0 Å². The van der Waals surface area contributed by atoms with Gasteiger partial charge in [-0.1, -0.05) is 0 Å². The van der Waals surface area contributed by atoms with Crippen molar-refractivity contribution in [3.05, 3.63) is 71.0 Å². The Kier molecular flexibility index (Phi) is 4.90. The van der Waals surface area contributed by atoms with Crippen LogP contribution < -0.4 is 14.9 Å². The number of alkyl halides is 2. The Hall–Kier alpha value is -3.82. The highest BCUT2D eigenvalue weighted by Gasteiger charge is 2.09. The zero-order valence-corrected chi connectivity index (χ0v) is 15.2. The molecule has 1 aromatic carbocycles. The molecule has 3 heterocycles. The first-order valence-corrected chi connectivity index (χ1v) is 8.53. The molecule has 29 heavy (non-hydrogen) atoms. The molecule has 0 aliphatic heterocycles. The van der Waals surface area contributed by atoms with Crippen molar-refractivity contribution in [3.63, 3.8) is 0 Å². The highest BCUT2D eigenvalue weighted by atomic mass is 19.3. The molecule has 0 bridgehead atoms. The third kappa shape index (κ3) is 4.21. The smallest absolute Gasteiger partial charge is 0.387 e. The lowest BCUT2D eigenvalue weighted by Gasteiger charge is -2.09. The Bertz CT molecular complexity index is 1220. The molecular weight excluding hydrogens is 384 g/mol. The van der Waals surface area contributed by atoms with Crippen molar-refractivity contribution >= 4 is 10.9 Å². The molecule has 10 heteroatoms. The van der Waals surface area contributed by atoms with Gasteiger partial charge >= 0.3 is 6.61 Å². The number of ether oxygens (including phenoxy) is 2. The summed E-state index contributed by atoms with van der Waals surface area (Å²) in [5.41, 5.74) is 1.25. The molecular formula is C19H15F2N5O3. The van der Waals surface area contributed by atoms with Crippen LogP contribution in [0.4, 0.5) is 8.78 Å². The average molecular weight is 399 g/mol. The minimum absolute atomic E-state index is 0.0475. The van der Waals surface area contributed by atoms with E-state index >= 15 is 0 Å². The van der Waals surface area contributed by atoms with Crippen molar-refractivity contribution in [2.75, 3.05) is 0 Å². The van der Waals surface area contributed by atoms with Gasteiger partial charge in [0.05, 0.1) is 24.1 Å². The van der Waals surface area contributed by atoms with Gasteiger partial charge in [-0.3, -0.25) is 14.5 Å². The number of nitrogens with zero attached hydrogens (tertiary/aromatic N) is 5. The molecule has 0 aliphatic rings. The zero-order chi connectivity index (χ0) is 20.4. The number of fused-ring (bicyclic) bond motifs is 1. The molecule has 3 aromatic heterocycles. The summed E-state index contributed by atoms with van der Waals surface area (Å²) in [7, 11) is 1.78. The molecule has 0 saturated heterocycles. The fourth-order valence-electron chi connectivity index (χ4n) is 2.72. The van der Waals surface area contributed by atoms with Gasteiger partial charge in [-0.25, -0.2) is 4.68 Å². The fraction of sp³-hybridized carbons (Fsp3) is 0.158. The minimum atomic E-state index is -2.93. The largest absolute Gasteiger partial charge is 0.487 e. The first-order valence-electron chi connectivity index (χ1n) is 8.53. The third-order valence-corrected chi connectivity index (χ3v) is 4.06. The van der Waals surface area contributed by atoms with E-state index in [1.807, 2.05) is 0 Å². The highest BCUT2D eigenvalue weighted by Crippen LogP contribution is 2.24. The lowest BCUT2D eigenvalue weighted by molar-refractivity contribution is -0.0499. The van der Waals surface area contributed by atoms with Crippen LogP contribution in [0.2, 0.25) is 0 Å². The van der Waals surface area contributed by atoms with Gasteiger partial charge in [0.25, 0.3) is 0 Å². The number of pyridine rings is 1. The Labute approximate surface area is 162 Å². The number of hydrogen-bond acceptors (Lipinski definition) is 6. The fourth-order valence-corrected chi connectivity index (χ4v) is 2.72. The maximum Gasteiger partial charge on any atom is 0.387 e. The summed E-state index contributed by atoms with van der Waals surface area (Å²) in [5, 5.41) is 8.93. The van der Waals surface area contributed by atoms with Gasteiger partial charge in [0.2, 0.25) is 5.43 Å². The number of aryl methyl sites for hydroxylation is 1. The molecule has 0 spiro atoms. The van der Waals surface area contributed by atoms with Crippen molar-refractivity contribution in [2.45, 2.75) is 13.2 Å². The Morgan fingerprint density at radius 1 is 1.14 bits per heavy atom. The summed E-state index contributed by atoms with van der Waals surface area (Å²) >= 11 is 0. The van der Waals surface area contributed by atoms with E-state index < -0.39 is 6.61 Å². The molecule has 4 aromatic rings. The number of benzene rings is 1. The van der Waals surface area contributed by atoms with E-state index in [0.717, 1.165) is 0 Å². The monoisotopic (exact) mass is 399 g/mol. The van der Waals surface area contributed by atoms with Crippen LogP contribution in [-0.2, 0) is 13.7 Å². The molecule has 148 valence electrons. The van der Waals surface area contributed by atoms with E-state index in [-0.39, 0.29) is 23.5 Å². The maximum absolute atomic E-state index is 12.4. The highest BCUT2D eigenvalue weighted by molar-refractivity contribution is 5.81. The summed E-state index contributed by atoms with van der Waals surface area (Å²) < 4.78 is 38.0. The van der Waals surface area contributed by atoms with Crippen molar-refractivity contribution in [1.29, 1.82) is 0 Å². The van der Waals surface area contributed by atoms with Crippen molar-refractivity contribution in [1.82, 2.24) is 24.5 Å². The number of aromatic nitrogens is 5. The first-order chi connectivity index (χ1) is 14.0. The SMILES string of the molecule is Cn1cc(-n2ccc(=O)c(COc3ccc4ncc(OC(F)F)cc4c3)n2)cn1. The molecule has 0 N–H and O–H groups in total. The van der Waals surface area contributed by atoms with Gasteiger partial charge in [0, 0.05) is 24.7 Å². The van der Waals surface area contributed by atoms with Crippen molar-refractivity contribution in [2.24, 2.45) is 7.05 Å².